The van der Waals surface area contributed by atoms with Gasteiger partial charge in [-0.15, -0.1) is 0 Å². The van der Waals surface area contributed by atoms with Crippen LogP contribution in [0, 0.1) is 13.8 Å². The summed E-state index contributed by atoms with van der Waals surface area (Å²) in [5.74, 6) is 0.702. The molecule has 0 aromatic heterocycles. The number of hydrogen-bond acceptors (Lipinski definition) is 2. The van der Waals surface area contributed by atoms with Crippen molar-refractivity contribution in [3.05, 3.63) is 34.4 Å². The lowest BCUT2D eigenvalue weighted by atomic mass is 9.55. The Morgan fingerprint density at radius 3 is 2.52 bits per heavy atom. The summed E-state index contributed by atoms with van der Waals surface area (Å²) in [6, 6.07) is 4.82. The Labute approximate surface area is 130 Å². The van der Waals surface area contributed by atoms with Crippen LogP contribution in [0.15, 0.2) is 12.1 Å². The Balaban J connectivity index is 0.000000774. The van der Waals surface area contributed by atoms with Gasteiger partial charge in [0.1, 0.15) is 0 Å². The Morgan fingerprint density at radius 1 is 1.24 bits per heavy atom. The minimum Gasteiger partial charge on any atom is -0.396 e. The number of aliphatic hydroxyl groups excluding tert-OH is 1. The summed E-state index contributed by atoms with van der Waals surface area (Å²) < 4.78 is 0. The molecule has 1 aliphatic carbocycles. The lowest BCUT2D eigenvalue weighted by molar-refractivity contribution is 0.237. The van der Waals surface area contributed by atoms with Crippen molar-refractivity contribution < 1.29 is 5.11 Å². The van der Waals surface area contributed by atoms with Crippen LogP contribution in [-0.4, -0.2) is 36.2 Å². The van der Waals surface area contributed by atoms with Gasteiger partial charge in [0.15, 0.2) is 0 Å². The predicted octanol–water partition coefficient (Wildman–Crippen LogP) is 3.77. The van der Waals surface area contributed by atoms with Crippen molar-refractivity contribution in [3.8, 4) is 0 Å². The normalized spacial score (nSPS) is 26.5. The summed E-state index contributed by atoms with van der Waals surface area (Å²) in [6.45, 7) is 14.5. The first kappa shape index (κ1) is 16.5. The van der Waals surface area contributed by atoms with E-state index in [4.69, 9.17) is 0 Å². The maximum Gasteiger partial charge on any atom is 0.0431 e. The van der Waals surface area contributed by atoms with Crippen molar-refractivity contribution in [2.24, 2.45) is 0 Å². The van der Waals surface area contributed by atoms with Gasteiger partial charge in [-0.1, -0.05) is 32.9 Å². The summed E-state index contributed by atoms with van der Waals surface area (Å²) >= 11 is 0. The smallest absolute Gasteiger partial charge is 0.0431 e. The van der Waals surface area contributed by atoms with E-state index in [1.54, 1.807) is 11.1 Å². The standard InChI is InChI=1S/C17H25NO.C2H6/c1-4-18-10-16-14-8-12(2)13(3)9-15(14)17(16,11-18)6-5-7-19;1-2/h8-9,16,19H,4-7,10-11H2,1-3H3;1-2H3. The second kappa shape index (κ2) is 6.50. The molecule has 0 amide bonds. The van der Waals surface area contributed by atoms with Gasteiger partial charge in [-0.3, -0.25) is 0 Å². The van der Waals surface area contributed by atoms with Crippen LogP contribution in [0.25, 0.3) is 0 Å². The van der Waals surface area contributed by atoms with Gasteiger partial charge in [0.05, 0.1) is 0 Å². The molecular formula is C19H31NO. The van der Waals surface area contributed by atoms with Crippen LogP contribution in [-0.2, 0) is 5.41 Å². The molecule has 1 N–H and O–H groups in total. The molecule has 2 nitrogen and oxygen atoms in total. The zero-order chi connectivity index (χ0) is 15.6. The highest BCUT2D eigenvalue weighted by molar-refractivity contribution is 5.55. The van der Waals surface area contributed by atoms with Gasteiger partial charge in [0.25, 0.3) is 0 Å². The molecule has 0 radical (unpaired) electrons. The van der Waals surface area contributed by atoms with Crippen LogP contribution in [0.3, 0.4) is 0 Å². The van der Waals surface area contributed by atoms with Crippen molar-refractivity contribution in [1.29, 1.82) is 0 Å². The van der Waals surface area contributed by atoms with Gasteiger partial charge in [-0.2, -0.15) is 0 Å². The number of aryl methyl sites for hydroxylation is 2. The highest BCUT2D eigenvalue weighted by Gasteiger charge is 2.55. The Kier molecular flexibility index (Phi) is 5.11. The molecule has 1 fully saturated rings. The van der Waals surface area contributed by atoms with Crippen molar-refractivity contribution in [2.75, 3.05) is 26.2 Å². The van der Waals surface area contributed by atoms with Gasteiger partial charge < -0.3 is 10.0 Å². The zero-order valence-corrected chi connectivity index (χ0v) is 14.4. The number of fused-ring (bicyclic) bond motifs is 4. The van der Waals surface area contributed by atoms with Crippen LogP contribution in [0.2, 0.25) is 0 Å². The Hall–Kier alpha value is -0.860. The molecule has 2 unspecified atom stereocenters. The van der Waals surface area contributed by atoms with E-state index in [1.165, 1.54) is 24.2 Å². The first-order valence-electron chi connectivity index (χ1n) is 8.57. The summed E-state index contributed by atoms with van der Waals surface area (Å²) in [5, 5.41) is 9.21. The maximum absolute atomic E-state index is 9.21. The summed E-state index contributed by atoms with van der Waals surface area (Å²) in [6.07, 6.45) is 2.07. The Bertz CT molecular complexity index is 497. The average molecular weight is 289 g/mol. The number of likely N-dealkylation sites (tertiary alicyclic amines) is 1. The van der Waals surface area contributed by atoms with Crippen LogP contribution in [0.5, 0.6) is 0 Å². The van der Waals surface area contributed by atoms with E-state index >= 15 is 0 Å². The second-order valence-corrected chi connectivity index (χ2v) is 6.39. The molecule has 1 heterocycles. The Morgan fingerprint density at radius 2 is 1.90 bits per heavy atom. The number of benzene rings is 1. The summed E-state index contributed by atoms with van der Waals surface area (Å²) in [7, 11) is 0. The van der Waals surface area contributed by atoms with Crippen LogP contribution in [0.1, 0.15) is 61.8 Å². The largest absolute Gasteiger partial charge is 0.396 e. The van der Waals surface area contributed by atoms with E-state index in [2.05, 4.69) is 37.8 Å². The molecule has 0 saturated carbocycles. The van der Waals surface area contributed by atoms with E-state index in [0.29, 0.717) is 17.9 Å². The van der Waals surface area contributed by atoms with Crippen LogP contribution < -0.4 is 0 Å². The maximum atomic E-state index is 9.21. The van der Waals surface area contributed by atoms with Gasteiger partial charge in [-0.25, -0.2) is 0 Å². The van der Waals surface area contributed by atoms with E-state index in [9.17, 15) is 5.11 Å². The molecule has 1 aromatic carbocycles. The van der Waals surface area contributed by atoms with E-state index in [-0.39, 0.29) is 0 Å². The first-order valence-corrected chi connectivity index (χ1v) is 8.57. The van der Waals surface area contributed by atoms with E-state index in [0.717, 1.165) is 19.4 Å². The van der Waals surface area contributed by atoms with Crippen molar-refractivity contribution in [3.63, 3.8) is 0 Å². The fourth-order valence-corrected chi connectivity index (χ4v) is 4.18. The van der Waals surface area contributed by atoms with Crippen LogP contribution in [0.4, 0.5) is 0 Å². The quantitative estimate of drug-likeness (QED) is 0.912. The van der Waals surface area contributed by atoms with Gasteiger partial charge in [-0.05, 0) is 55.5 Å². The third-order valence-electron chi connectivity index (χ3n) is 5.42. The summed E-state index contributed by atoms with van der Waals surface area (Å²) in [4.78, 5) is 2.58. The number of likely N-dealkylation sites (N-methyl/N-ethyl adjacent to an activating group) is 1. The number of aliphatic hydroxyl groups is 1. The fourth-order valence-electron chi connectivity index (χ4n) is 4.18. The van der Waals surface area contributed by atoms with Crippen molar-refractivity contribution in [2.45, 2.75) is 58.8 Å². The highest BCUT2D eigenvalue weighted by atomic mass is 16.2. The number of hydrogen-bond donors (Lipinski definition) is 1. The molecule has 1 aromatic rings. The molecule has 3 rings (SSSR count). The molecule has 2 heteroatoms. The fraction of sp³-hybridized carbons (Fsp3) is 0.684. The molecule has 0 spiro atoms. The monoisotopic (exact) mass is 289 g/mol. The van der Waals surface area contributed by atoms with Gasteiger partial charge >= 0.3 is 0 Å². The molecule has 2 atom stereocenters. The third kappa shape index (κ3) is 2.53. The van der Waals surface area contributed by atoms with E-state index in [1.807, 2.05) is 13.8 Å². The number of rotatable bonds is 4. The summed E-state index contributed by atoms with van der Waals surface area (Å²) in [5.41, 5.74) is 6.33. The molecule has 1 saturated heterocycles. The average Bonchev–Trinajstić information content (AvgIpc) is 2.84. The zero-order valence-electron chi connectivity index (χ0n) is 14.4. The molecule has 1 aliphatic heterocycles. The molecule has 21 heavy (non-hydrogen) atoms. The molecule has 0 bridgehead atoms. The first-order chi connectivity index (χ1) is 10.1. The SMILES string of the molecule is CC.CCN1CC2c3cc(C)c(C)cc3C2(CCCO)C1. The number of nitrogens with zero attached hydrogens (tertiary/aromatic N) is 1. The lowest BCUT2D eigenvalue weighted by Gasteiger charge is -2.47. The van der Waals surface area contributed by atoms with Gasteiger partial charge in [0.2, 0.25) is 0 Å². The second-order valence-electron chi connectivity index (χ2n) is 6.39. The van der Waals surface area contributed by atoms with Crippen molar-refractivity contribution >= 4 is 0 Å². The minimum absolute atomic E-state index is 0.320. The lowest BCUT2D eigenvalue weighted by Crippen LogP contribution is -2.44. The third-order valence-corrected chi connectivity index (χ3v) is 5.42. The predicted molar refractivity (Wildman–Crippen MR) is 90.1 cm³/mol. The topological polar surface area (TPSA) is 23.5 Å². The molecule has 118 valence electrons. The molecule has 2 aliphatic rings. The molecular weight excluding hydrogens is 258 g/mol. The van der Waals surface area contributed by atoms with Gasteiger partial charge in [0, 0.05) is 31.0 Å². The van der Waals surface area contributed by atoms with Crippen molar-refractivity contribution in [1.82, 2.24) is 4.90 Å². The minimum atomic E-state index is 0.320. The highest BCUT2D eigenvalue weighted by Crippen LogP contribution is 2.58. The van der Waals surface area contributed by atoms with E-state index < -0.39 is 0 Å². The van der Waals surface area contributed by atoms with Crippen LogP contribution >= 0.6 is 0 Å².